The van der Waals surface area contributed by atoms with Gasteiger partial charge in [-0.05, 0) is 70.1 Å². The first-order valence-electron chi connectivity index (χ1n) is 12.2. The monoisotopic (exact) mass is 481 g/mol. The number of halogens is 1. The van der Waals surface area contributed by atoms with Crippen LogP contribution in [0.4, 0.5) is 4.39 Å². The van der Waals surface area contributed by atoms with Crippen LogP contribution in [0.5, 0.6) is 0 Å². The molecule has 1 atom stereocenters. The predicted octanol–water partition coefficient (Wildman–Crippen LogP) is 4.54. The van der Waals surface area contributed by atoms with Crippen LogP contribution in [0.15, 0.2) is 47.3 Å². The number of hydrogen-bond acceptors (Lipinski definition) is 6. The molecule has 0 radical (unpaired) electrons. The summed E-state index contributed by atoms with van der Waals surface area (Å²) >= 11 is 0. The number of Topliss-reactive ketones (excluding diaryl/α,β-unsaturated/α-hetero) is 1. The van der Waals surface area contributed by atoms with Crippen LogP contribution in [0.3, 0.4) is 0 Å². The predicted molar refractivity (Wildman–Crippen MR) is 129 cm³/mol. The summed E-state index contributed by atoms with van der Waals surface area (Å²) in [6.07, 6.45) is 9.78. The number of aromatic amines is 1. The first-order valence-corrected chi connectivity index (χ1v) is 12.2. The standard InChI is InChI=1S/C26H32FN5O3/c1-32-14-11-19(12-15-32)25(34)31-21(5-3-2-4-6-23(33)26-28-13-16-35-26)24-29-17-22(30-24)18-7-9-20(27)10-8-18/h7-10,13,16-17,19,21H,2-6,11-12,14-15H2,1H3,(H,29,30)(H,31,34)/t21-/m0/s1. The van der Waals surface area contributed by atoms with Crippen molar-refractivity contribution in [3.63, 3.8) is 0 Å². The summed E-state index contributed by atoms with van der Waals surface area (Å²) in [5.41, 5.74) is 1.51. The highest BCUT2D eigenvalue weighted by atomic mass is 19.1. The molecule has 0 unspecified atom stereocenters. The number of carbonyl (C=O) groups excluding carboxylic acids is 2. The normalized spacial score (nSPS) is 15.7. The summed E-state index contributed by atoms with van der Waals surface area (Å²) in [6, 6.07) is 5.92. The number of aromatic nitrogens is 3. The van der Waals surface area contributed by atoms with Crippen molar-refractivity contribution in [1.82, 2.24) is 25.2 Å². The van der Waals surface area contributed by atoms with Gasteiger partial charge in [0.1, 0.15) is 17.9 Å². The van der Waals surface area contributed by atoms with Gasteiger partial charge in [0, 0.05) is 24.1 Å². The van der Waals surface area contributed by atoms with E-state index in [1.165, 1.54) is 24.6 Å². The molecule has 35 heavy (non-hydrogen) atoms. The summed E-state index contributed by atoms with van der Waals surface area (Å²) in [4.78, 5) is 39.2. The van der Waals surface area contributed by atoms with Gasteiger partial charge >= 0.3 is 0 Å². The van der Waals surface area contributed by atoms with E-state index in [-0.39, 0.29) is 35.4 Å². The Morgan fingerprint density at radius 2 is 1.97 bits per heavy atom. The summed E-state index contributed by atoms with van der Waals surface area (Å²) in [5, 5.41) is 3.21. The van der Waals surface area contributed by atoms with Gasteiger partial charge < -0.3 is 19.6 Å². The van der Waals surface area contributed by atoms with Crippen molar-refractivity contribution in [3.05, 3.63) is 60.5 Å². The molecule has 3 heterocycles. The lowest BCUT2D eigenvalue weighted by Gasteiger charge is -2.29. The van der Waals surface area contributed by atoms with E-state index in [1.807, 2.05) is 0 Å². The van der Waals surface area contributed by atoms with Gasteiger partial charge in [-0.15, -0.1) is 0 Å². The molecule has 1 amide bonds. The van der Waals surface area contributed by atoms with Gasteiger partial charge in [-0.2, -0.15) is 0 Å². The summed E-state index contributed by atoms with van der Waals surface area (Å²) in [5.74, 6) is 0.491. The second-order valence-electron chi connectivity index (χ2n) is 9.18. The molecule has 1 aromatic carbocycles. The number of imidazole rings is 1. The highest BCUT2D eigenvalue weighted by Gasteiger charge is 2.26. The molecular formula is C26H32FN5O3. The van der Waals surface area contributed by atoms with Crippen molar-refractivity contribution < 1.29 is 18.4 Å². The Kier molecular flexibility index (Phi) is 8.41. The lowest BCUT2D eigenvalue weighted by Crippen LogP contribution is -2.40. The minimum atomic E-state index is -0.297. The van der Waals surface area contributed by atoms with E-state index in [1.54, 1.807) is 18.3 Å². The largest absolute Gasteiger partial charge is 0.442 e. The molecule has 4 rings (SSSR count). The maximum atomic E-state index is 13.3. The van der Waals surface area contributed by atoms with Gasteiger partial charge in [0.25, 0.3) is 5.89 Å². The quantitative estimate of drug-likeness (QED) is 0.308. The number of oxazole rings is 1. The number of H-pyrrole nitrogens is 1. The zero-order valence-electron chi connectivity index (χ0n) is 20.0. The van der Waals surface area contributed by atoms with Crippen LogP contribution in [0.25, 0.3) is 11.3 Å². The Labute approximate surface area is 204 Å². The molecule has 0 bridgehead atoms. The number of likely N-dealkylation sites (tertiary alicyclic amines) is 1. The Hall–Kier alpha value is -3.33. The van der Waals surface area contributed by atoms with Crippen LogP contribution in [0.1, 0.15) is 67.5 Å². The van der Waals surface area contributed by atoms with Gasteiger partial charge in [-0.25, -0.2) is 14.4 Å². The maximum Gasteiger partial charge on any atom is 0.263 e. The zero-order valence-corrected chi connectivity index (χ0v) is 20.0. The van der Waals surface area contributed by atoms with Crippen molar-refractivity contribution in [2.45, 2.75) is 51.0 Å². The van der Waals surface area contributed by atoms with Crippen LogP contribution in [0, 0.1) is 11.7 Å². The number of amides is 1. The van der Waals surface area contributed by atoms with Crippen molar-refractivity contribution in [2.75, 3.05) is 20.1 Å². The fraction of sp³-hybridized carbons (Fsp3) is 0.462. The van der Waals surface area contributed by atoms with E-state index in [0.717, 1.165) is 50.8 Å². The summed E-state index contributed by atoms with van der Waals surface area (Å²) < 4.78 is 18.4. The zero-order chi connectivity index (χ0) is 24.6. The fourth-order valence-electron chi connectivity index (χ4n) is 4.40. The molecule has 8 nitrogen and oxygen atoms in total. The number of hydrogen-bond donors (Lipinski definition) is 2. The lowest BCUT2D eigenvalue weighted by molar-refractivity contribution is -0.127. The minimum Gasteiger partial charge on any atom is -0.442 e. The third-order valence-electron chi connectivity index (χ3n) is 6.54. The lowest BCUT2D eigenvalue weighted by atomic mass is 9.95. The van der Waals surface area contributed by atoms with Gasteiger partial charge in [0.05, 0.1) is 17.9 Å². The Bertz CT molecular complexity index is 1090. The number of nitrogens with one attached hydrogen (secondary N) is 2. The average molecular weight is 482 g/mol. The number of nitrogens with zero attached hydrogens (tertiary/aromatic N) is 3. The van der Waals surface area contributed by atoms with Crippen molar-refractivity contribution in [2.24, 2.45) is 5.92 Å². The molecule has 0 saturated carbocycles. The SMILES string of the molecule is CN1CCC(C(=O)N[C@@H](CCCCCC(=O)c2ncco2)c2nc(-c3ccc(F)cc3)c[nH]2)CC1. The molecule has 3 aromatic rings. The molecule has 1 fully saturated rings. The smallest absolute Gasteiger partial charge is 0.263 e. The first kappa shape index (κ1) is 24.8. The van der Waals surface area contributed by atoms with E-state index >= 15 is 0 Å². The Morgan fingerprint density at radius 1 is 1.20 bits per heavy atom. The van der Waals surface area contributed by atoms with Crippen LogP contribution in [0.2, 0.25) is 0 Å². The fourth-order valence-corrected chi connectivity index (χ4v) is 4.40. The number of piperidine rings is 1. The van der Waals surface area contributed by atoms with Gasteiger partial charge in [0.2, 0.25) is 11.7 Å². The van der Waals surface area contributed by atoms with Crippen LogP contribution >= 0.6 is 0 Å². The third-order valence-corrected chi connectivity index (χ3v) is 6.54. The van der Waals surface area contributed by atoms with E-state index < -0.39 is 0 Å². The van der Waals surface area contributed by atoms with Crippen LogP contribution in [-0.4, -0.2) is 51.7 Å². The van der Waals surface area contributed by atoms with Gasteiger partial charge in [0.15, 0.2) is 0 Å². The van der Waals surface area contributed by atoms with E-state index in [2.05, 4.69) is 27.2 Å². The number of unbranched alkanes of at least 4 members (excludes halogenated alkanes) is 2. The maximum absolute atomic E-state index is 13.3. The molecule has 2 N–H and O–H groups in total. The highest BCUT2D eigenvalue weighted by molar-refractivity contribution is 5.91. The van der Waals surface area contributed by atoms with Crippen molar-refractivity contribution in [3.8, 4) is 11.3 Å². The molecule has 2 aromatic heterocycles. The van der Waals surface area contributed by atoms with E-state index in [0.29, 0.717) is 24.4 Å². The molecule has 9 heteroatoms. The average Bonchev–Trinajstić information content (AvgIpc) is 3.57. The van der Waals surface area contributed by atoms with Crippen LogP contribution in [-0.2, 0) is 4.79 Å². The first-order chi connectivity index (χ1) is 17.0. The third kappa shape index (κ3) is 6.85. The molecule has 0 spiro atoms. The van der Waals surface area contributed by atoms with E-state index in [4.69, 9.17) is 9.40 Å². The number of rotatable bonds is 11. The minimum absolute atomic E-state index is 0.00125. The molecule has 1 saturated heterocycles. The molecule has 0 aliphatic carbocycles. The summed E-state index contributed by atoms with van der Waals surface area (Å²) in [6.45, 7) is 1.83. The highest BCUT2D eigenvalue weighted by Crippen LogP contribution is 2.25. The molecular weight excluding hydrogens is 449 g/mol. The number of ketones is 1. The van der Waals surface area contributed by atoms with Crippen molar-refractivity contribution in [1.29, 1.82) is 0 Å². The molecule has 1 aliphatic rings. The van der Waals surface area contributed by atoms with Gasteiger partial charge in [-0.3, -0.25) is 9.59 Å². The molecule has 1 aliphatic heterocycles. The van der Waals surface area contributed by atoms with Crippen molar-refractivity contribution >= 4 is 11.7 Å². The molecule has 186 valence electrons. The number of carbonyl (C=O) groups is 2. The van der Waals surface area contributed by atoms with Gasteiger partial charge in [-0.1, -0.05) is 12.8 Å². The summed E-state index contributed by atoms with van der Waals surface area (Å²) in [7, 11) is 2.07. The topological polar surface area (TPSA) is 104 Å². The Balaban J connectivity index is 1.37. The van der Waals surface area contributed by atoms with E-state index in [9.17, 15) is 14.0 Å². The Morgan fingerprint density at radius 3 is 2.69 bits per heavy atom. The second-order valence-corrected chi connectivity index (χ2v) is 9.18. The van der Waals surface area contributed by atoms with Crippen LogP contribution < -0.4 is 5.32 Å². The second kappa shape index (κ2) is 11.9. The number of benzene rings is 1.